The highest BCUT2D eigenvalue weighted by Gasteiger charge is 2.66. The second kappa shape index (κ2) is 6.47. The Morgan fingerprint density at radius 1 is 1.21 bits per heavy atom. The van der Waals surface area contributed by atoms with Crippen molar-refractivity contribution in [1.29, 1.82) is 0 Å². The third-order valence-corrected chi connectivity index (χ3v) is 6.02. The van der Waals surface area contributed by atoms with Crippen LogP contribution in [0, 0.1) is 11.8 Å². The molecule has 2 saturated heterocycles. The second-order valence-corrected chi connectivity index (χ2v) is 8.02. The Hall–Kier alpha value is -2.63. The van der Waals surface area contributed by atoms with Crippen LogP contribution in [-0.4, -0.2) is 35.0 Å². The first kappa shape index (κ1) is 17.5. The molecule has 1 spiro atoms. The minimum Gasteiger partial charge on any atom is -0.360 e. The number of fused-ring (bicyclic) bond motifs is 1. The highest BCUT2D eigenvalue weighted by Crippen LogP contribution is 2.52. The first-order valence-electron chi connectivity index (χ1n) is 9.32. The summed E-state index contributed by atoms with van der Waals surface area (Å²) >= 11 is 6.01. The van der Waals surface area contributed by atoms with Gasteiger partial charge in [-0.25, -0.2) is 0 Å². The van der Waals surface area contributed by atoms with E-state index in [2.05, 4.69) is 5.32 Å². The fourth-order valence-corrected chi connectivity index (χ4v) is 4.80. The summed E-state index contributed by atoms with van der Waals surface area (Å²) in [4.78, 5) is 28.0. The SMILES string of the molecule is O=C(Nc1cccc(Cl)c1)[C@H]1[C@H]2C(=O)N(Cc3ccccc3)C[C@]23C=C[C@H]1O3. The van der Waals surface area contributed by atoms with Crippen LogP contribution in [0.2, 0.25) is 5.02 Å². The van der Waals surface area contributed by atoms with Crippen molar-refractivity contribution in [3.8, 4) is 0 Å². The molecule has 2 bridgehead atoms. The fourth-order valence-electron chi connectivity index (χ4n) is 4.61. The molecule has 0 aliphatic carbocycles. The van der Waals surface area contributed by atoms with Crippen LogP contribution in [0.4, 0.5) is 5.69 Å². The number of nitrogens with one attached hydrogen (secondary N) is 1. The molecule has 0 radical (unpaired) electrons. The molecule has 3 heterocycles. The van der Waals surface area contributed by atoms with Crippen molar-refractivity contribution < 1.29 is 14.3 Å². The number of rotatable bonds is 4. The minimum absolute atomic E-state index is 0.0260. The zero-order chi connectivity index (χ0) is 19.3. The predicted molar refractivity (Wildman–Crippen MR) is 106 cm³/mol. The summed E-state index contributed by atoms with van der Waals surface area (Å²) in [6, 6.07) is 16.9. The van der Waals surface area contributed by atoms with Crippen molar-refractivity contribution in [2.24, 2.45) is 11.8 Å². The summed E-state index contributed by atoms with van der Waals surface area (Å²) in [5.74, 6) is -1.27. The Balaban J connectivity index is 1.39. The third kappa shape index (κ3) is 2.74. The van der Waals surface area contributed by atoms with Gasteiger partial charge in [-0.1, -0.05) is 60.2 Å². The van der Waals surface area contributed by atoms with Gasteiger partial charge in [-0.05, 0) is 23.8 Å². The van der Waals surface area contributed by atoms with Crippen LogP contribution in [0.3, 0.4) is 0 Å². The average molecular weight is 395 g/mol. The van der Waals surface area contributed by atoms with Crippen LogP contribution in [0.5, 0.6) is 0 Å². The summed E-state index contributed by atoms with van der Waals surface area (Å²) < 4.78 is 6.16. The first-order valence-corrected chi connectivity index (χ1v) is 9.70. The molecule has 0 aromatic heterocycles. The average Bonchev–Trinajstić information content (AvgIpc) is 3.31. The van der Waals surface area contributed by atoms with Gasteiger partial charge in [-0.15, -0.1) is 0 Å². The van der Waals surface area contributed by atoms with Crippen LogP contribution in [0.25, 0.3) is 0 Å². The van der Waals surface area contributed by atoms with Crippen molar-refractivity contribution in [2.75, 3.05) is 11.9 Å². The largest absolute Gasteiger partial charge is 0.360 e. The minimum atomic E-state index is -0.702. The molecular weight excluding hydrogens is 376 g/mol. The molecule has 5 nitrogen and oxygen atoms in total. The molecule has 2 aromatic rings. The molecule has 0 saturated carbocycles. The molecular formula is C22H19ClN2O3. The fraction of sp³-hybridized carbons (Fsp3) is 0.273. The van der Waals surface area contributed by atoms with Crippen LogP contribution in [-0.2, 0) is 20.9 Å². The molecule has 3 aliphatic rings. The Kier molecular flexibility index (Phi) is 4.03. The molecule has 1 N–H and O–H groups in total. The van der Waals surface area contributed by atoms with Gasteiger partial charge in [-0.3, -0.25) is 9.59 Å². The molecule has 6 heteroatoms. The molecule has 5 rings (SSSR count). The number of likely N-dealkylation sites (tertiary alicyclic amines) is 1. The maximum absolute atomic E-state index is 13.2. The normalized spacial score (nSPS) is 30.0. The van der Waals surface area contributed by atoms with Crippen molar-refractivity contribution in [2.45, 2.75) is 18.2 Å². The molecule has 3 aliphatic heterocycles. The lowest BCUT2D eigenvalue weighted by Gasteiger charge is -2.23. The van der Waals surface area contributed by atoms with Gasteiger partial charge in [0.2, 0.25) is 11.8 Å². The Labute approximate surface area is 167 Å². The van der Waals surface area contributed by atoms with Gasteiger partial charge in [0.25, 0.3) is 0 Å². The van der Waals surface area contributed by atoms with Gasteiger partial charge in [0, 0.05) is 17.3 Å². The van der Waals surface area contributed by atoms with E-state index in [0.717, 1.165) is 5.56 Å². The van der Waals surface area contributed by atoms with Gasteiger partial charge in [-0.2, -0.15) is 0 Å². The summed E-state index contributed by atoms with van der Waals surface area (Å²) in [5.41, 5.74) is 0.975. The van der Waals surface area contributed by atoms with Crippen LogP contribution >= 0.6 is 11.6 Å². The molecule has 142 valence electrons. The number of carbonyl (C=O) groups is 2. The van der Waals surface area contributed by atoms with Crippen molar-refractivity contribution in [3.05, 3.63) is 77.3 Å². The van der Waals surface area contributed by atoms with E-state index in [9.17, 15) is 9.59 Å². The summed E-state index contributed by atoms with van der Waals surface area (Å²) in [5, 5.41) is 3.44. The van der Waals surface area contributed by atoms with E-state index in [-0.39, 0.29) is 17.9 Å². The summed E-state index contributed by atoms with van der Waals surface area (Å²) in [6.45, 7) is 0.988. The maximum Gasteiger partial charge on any atom is 0.231 e. The van der Waals surface area contributed by atoms with Crippen molar-refractivity contribution >= 4 is 29.1 Å². The van der Waals surface area contributed by atoms with E-state index in [1.807, 2.05) is 42.5 Å². The Morgan fingerprint density at radius 3 is 2.82 bits per heavy atom. The van der Waals surface area contributed by atoms with Crippen LogP contribution < -0.4 is 5.32 Å². The number of halogens is 1. The lowest BCUT2D eigenvalue weighted by molar-refractivity contribution is -0.136. The lowest BCUT2D eigenvalue weighted by atomic mass is 9.77. The van der Waals surface area contributed by atoms with Crippen molar-refractivity contribution in [3.63, 3.8) is 0 Å². The monoisotopic (exact) mass is 394 g/mol. The number of carbonyl (C=O) groups excluding carboxylic acids is 2. The molecule has 2 amide bonds. The van der Waals surface area contributed by atoms with Gasteiger partial charge >= 0.3 is 0 Å². The molecule has 2 aromatic carbocycles. The Morgan fingerprint density at radius 2 is 2.04 bits per heavy atom. The smallest absolute Gasteiger partial charge is 0.231 e. The van der Waals surface area contributed by atoms with E-state index < -0.39 is 17.4 Å². The third-order valence-electron chi connectivity index (χ3n) is 5.79. The number of benzene rings is 2. The number of nitrogens with zero attached hydrogens (tertiary/aromatic N) is 1. The molecule has 0 unspecified atom stereocenters. The molecule has 28 heavy (non-hydrogen) atoms. The van der Waals surface area contributed by atoms with Crippen LogP contribution in [0.1, 0.15) is 5.56 Å². The second-order valence-electron chi connectivity index (χ2n) is 7.58. The van der Waals surface area contributed by atoms with Crippen LogP contribution in [0.15, 0.2) is 66.7 Å². The van der Waals surface area contributed by atoms with E-state index in [1.54, 1.807) is 29.2 Å². The van der Waals surface area contributed by atoms with E-state index in [4.69, 9.17) is 16.3 Å². The van der Waals surface area contributed by atoms with Crippen molar-refractivity contribution in [1.82, 2.24) is 4.90 Å². The number of hydrogen-bond acceptors (Lipinski definition) is 3. The topological polar surface area (TPSA) is 58.6 Å². The quantitative estimate of drug-likeness (QED) is 0.810. The van der Waals surface area contributed by atoms with E-state index >= 15 is 0 Å². The number of ether oxygens (including phenoxy) is 1. The van der Waals surface area contributed by atoms with Gasteiger partial charge in [0.15, 0.2) is 0 Å². The highest BCUT2D eigenvalue weighted by molar-refractivity contribution is 6.30. The zero-order valence-corrected chi connectivity index (χ0v) is 15.8. The first-order chi connectivity index (χ1) is 13.6. The zero-order valence-electron chi connectivity index (χ0n) is 15.0. The van der Waals surface area contributed by atoms with Gasteiger partial charge in [0.05, 0.1) is 24.5 Å². The standard InChI is InChI=1S/C22H19ClN2O3/c23-15-7-4-8-16(11-15)24-20(26)18-17-9-10-22(28-17)13-25(21(27)19(18)22)12-14-5-2-1-3-6-14/h1-11,17-19H,12-13H2,(H,24,26)/t17-,18-,19+,22-/m1/s1. The summed E-state index contributed by atoms with van der Waals surface area (Å²) in [7, 11) is 0. The van der Waals surface area contributed by atoms with Gasteiger partial charge < -0.3 is 15.0 Å². The lowest BCUT2D eigenvalue weighted by Crippen LogP contribution is -2.41. The highest BCUT2D eigenvalue weighted by atomic mass is 35.5. The molecule has 2 fully saturated rings. The van der Waals surface area contributed by atoms with E-state index in [1.165, 1.54) is 0 Å². The number of hydrogen-bond donors (Lipinski definition) is 1. The van der Waals surface area contributed by atoms with E-state index in [0.29, 0.717) is 23.8 Å². The molecule has 4 atom stereocenters. The maximum atomic E-state index is 13.2. The number of anilines is 1. The van der Waals surface area contributed by atoms with Gasteiger partial charge in [0.1, 0.15) is 5.60 Å². The predicted octanol–water partition coefficient (Wildman–Crippen LogP) is 3.26. The number of amides is 2. The Bertz CT molecular complexity index is 977. The summed E-state index contributed by atoms with van der Waals surface area (Å²) in [6.07, 6.45) is 3.51.